The molecule has 1 fully saturated rings. The van der Waals surface area contributed by atoms with E-state index in [1.165, 1.54) is 0 Å². The molecule has 1 saturated heterocycles. The number of rotatable bonds is 2. The number of hydrogen-bond acceptors (Lipinski definition) is 2. The topological polar surface area (TPSA) is 37.4 Å². The molecule has 0 aromatic carbocycles. The normalized spacial score (nSPS) is 23.8. The quantitative estimate of drug-likeness (QED) is 0.645. The first-order valence-corrected chi connectivity index (χ1v) is 4.83. The Morgan fingerprint density at radius 1 is 1.54 bits per heavy atom. The maximum absolute atomic E-state index is 11.7. The van der Waals surface area contributed by atoms with Crippen molar-refractivity contribution < 1.29 is 9.59 Å². The van der Waals surface area contributed by atoms with Gasteiger partial charge in [-0.05, 0) is 12.8 Å². The summed E-state index contributed by atoms with van der Waals surface area (Å²) in [6, 6.07) is -0.166. The maximum Gasteiger partial charge on any atom is 0.222 e. The van der Waals surface area contributed by atoms with Crippen molar-refractivity contribution >= 4 is 11.7 Å². The fraction of sp³-hybridized carbons (Fsp3) is 0.800. The molecule has 0 N–H and O–H groups in total. The van der Waals surface area contributed by atoms with Crippen molar-refractivity contribution in [3.63, 3.8) is 0 Å². The summed E-state index contributed by atoms with van der Waals surface area (Å²) in [7, 11) is 1.73. The lowest BCUT2D eigenvalue weighted by atomic mass is 9.93. The minimum absolute atomic E-state index is 0.0262. The number of hydrogen-bond donors (Lipinski definition) is 0. The maximum atomic E-state index is 11.7. The van der Waals surface area contributed by atoms with Crippen molar-refractivity contribution in [2.45, 2.75) is 39.2 Å². The van der Waals surface area contributed by atoms with Gasteiger partial charge in [-0.2, -0.15) is 0 Å². The van der Waals surface area contributed by atoms with Crippen LogP contribution < -0.4 is 0 Å². The molecule has 0 aromatic rings. The predicted molar refractivity (Wildman–Crippen MR) is 50.3 cm³/mol. The van der Waals surface area contributed by atoms with Gasteiger partial charge in [0.15, 0.2) is 5.78 Å². The molecule has 1 aliphatic heterocycles. The number of carbonyl (C=O) groups is 2. The lowest BCUT2D eigenvalue weighted by Gasteiger charge is -2.32. The van der Waals surface area contributed by atoms with E-state index in [9.17, 15) is 9.59 Å². The first-order chi connectivity index (χ1) is 6.04. The van der Waals surface area contributed by atoms with Crippen LogP contribution in [0.3, 0.4) is 0 Å². The average molecular weight is 183 g/mol. The molecular weight excluding hydrogens is 166 g/mol. The van der Waals surface area contributed by atoms with Crippen molar-refractivity contribution in [1.29, 1.82) is 0 Å². The van der Waals surface area contributed by atoms with Crippen LogP contribution in [0.2, 0.25) is 0 Å². The minimum atomic E-state index is -0.166. The van der Waals surface area contributed by atoms with Crippen LogP contribution in [0.4, 0.5) is 0 Å². The summed E-state index contributed by atoms with van der Waals surface area (Å²) in [5, 5.41) is 0. The summed E-state index contributed by atoms with van der Waals surface area (Å²) in [6.45, 7) is 3.77. The molecule has 1 unspecified atom stereocenters. The fourth-order valence-electron chi connectivity index (χ4n) is 1.71. The molecular formula is C10H17NO2. The van der Waals surface area contributed by atoms with Crippen LogP contribution in [0.15, 0.2) is 0 Å². The predicted octanol–water partition coefficient (Wildman–Crippen LogP) is 1.22. The lowest BCUT2D eigenvalue weighted by Crippen LogP contribution is -2.46. The Labute approximate surface area is 79.1 Å². The van der Waals surface area contributed by atoms with Gasteiger partial charge in [-0.15, -0.1) is 0 Å². The van der Waals surface area contributed by atoms with Crippen LogP contribution in [-0.4, -0.2) is 29.7 Å². The number of amides is 1. The van der Waals surface area contributed by atoms with Gasteiger partial charge < -0.3 is 4.90 Å². The van der Waals surface area contributed by atoms with Gasteiger partial charge in [0.05, 0.1) is 6.04 Å². The number of likely N-dealkylation sites (N-methyl/N-ethyl adjacent to an activating group) is 1. The zero-order valence-corrected chi connectivity index (χ0v) is 8.54. The smallest absolute Gasteiger partial charge is 0.222 e. The summed E-state index contributed by atoms with van der Waals surface area (Å²) in [5.74, 6) is 0.319. The highest BCUT2D eigenvalue weighted by Gasteiger charge is 2.31. The van der Waals surface area contributed by atoms with Crippen LogP contribution in [0, 0.1) is 5.92 Å². The highest BCUT2D eigenvalue weighted by Crippen LogP contribution is 2.19. The van der Waals surface area contributed by atoms with Crippen LogP contribution >= 0.6 is 0 Å². The summed E-state index contributed by atoms with van der Waals surface area (Å²) >= 11 is 0. The van der Waals surface area contributed by atoms with E-state index >= 15 is 0 Å². The van der Waals surface area contributed by atoms with Gasteiger partial charge in [0.2, 0.25) is 5.91 Å². The Hall–Kier alpha value is -0.860. The van der Waals surface area contributed by atoms with Crippen molar-refractivity contribution in [2.75, 3.05) is 7.05 Å². The third-order valence-corrected chi connectivity index (χ3v) is 2.63. The van der Waals surface area contributed by atoms with Crippen LogP contribution in [0.25, 0.3) is 0 Å². The number of ketones is 1. The molecule has 0 radical (unpaired) electrons. The second-order valence-corrected chi connectivity index (χ2v) is 3.97. The molecule has 0 saturated carbocycles. The second kappa shape index (κ2) is 3.90. The zero-order chi connectivity index (χ0) is 10.0. The molecule has 13 heavy (non-hydrogen) atoms. The first-order valence-electron chi connectivity index (χ1n) is 4.83. The fourth-order valence-corrected chi connectivity index (χ4v) is 1.71. The average Bonchev–Trinajstić information content (AvgIpc) is 2.08. The highest BCUT2D eigenvalue weighted by atomic mass is 16.2. The molecule has 0 spiro atoms. The third-order valence-electron chi connectivity index (χ3n) is 2.63. The van der Waals surface area contributed by atoms with Crippen LogP contribution in [0.1, 0.15) is 33.1 Å². The standard InChI is InChI=1S/C10H17NO2/c1-7(2)10(13)8-5-4-6-9(12)11(8)3/h7-8H,4-6H2,1-3H3. The van der Waals surface area contributed by atoms with Crippen LogP contribution in [-0.2, 0) is 9.59 Å². The van der Waals surface area contributed by atoms with Gasteiger partial charge in [0.25, 0.3) is 0 Å². The molecule has 3 nitrogen and oxygen atoms in total. The van der Waals surface area contributed by atoms with E-state index in [1.54, 1.807) is 11.9 Å². The molecule has 1 aliphatic rings. The molecule has 74 valence electrons. The number of Topliss-reactive ketones (excluding diaryl/α,β-unsaturated/α-hetero) is 1. The molecule has 1 amide bonds. The van der Waals surface area contributed by atoms with E-state index in [1.807, 2.05) is 13.8 Å². The molecule has 0 aromatic heterocycles. The zero-order valence-electron chi connectivity index (χ0n) is 8.54. The molecule has 0 aliphatic carbocycles. The van der Waals surface area contributed by atoms with Gasteiger partial charge in [0, 0.05) is 19.4 Å². The molecule has 1 atom stereocenters. The van der Waals surface area contributed by atoms with Crippen LogP contribution in [0.5, 0.6) is 0 Å². The lowest BCUT2D eigenvalue weighted by molar-refractivity contribution is -0.142. The van der Waals surface area contributed by atoms with E-state index in [4.69, 9.17) is 0 Å². The molecule has 0 bridgehead atoms. The summed E-state index contributed by atoms with van der Waals surface area (Å²) in [6.07, 6.45) is 2.28. The SMILES string of the molecule is CC(C)C(=O)C1CCCC(=O)N1C. The Morgan fingerprint density at radius 2 is 2.15 bits per heavy atom. The van der Waals surface area contributed by atoms with Gasteiger partial charge in [0.1, 0.15) is 0 Å². The number of nitrogens with zero attached hydrogens (tertiary/aromatic N) is 1. The van der Waals surface area contributed by atoms with E-state index in [0.29, 0.717) is 6.42 Å². The Balaban J connectivity index is 2.68. The largest absolute Gasteiger partial charge is 0.336 e. The van der Waals surface area contributed by atoms with Crippen molar-refractivity contribution in [3.8, 4) is 0 Å². The van der Waals surface area contributed by atoms with E-state index in [0.717, 1.165) is 12.8 Å². The number of carbonyl (C=O) groups excluding carboxylic acids is 2. The van der Waals surface area contributed by atoms with Gasteiger partial charge in [-0.25, -0.2) is 0 Å². The minimum Gasteiger partial charge on any atom is -0.336 e. The number of likely N-dealkylation sites (tertiary alicyclic amines) is 1. The first kappa shape index (κ1) is 10.2. The van der Waals surface area contributed by atoms with Crippen molar-refractivity contribution in [1.82, 2.24) is 4.90 Å². The molecule has 1 rings (SSSR count). The monoisotopic (exact) mass is 183 g/mol. The Bertz CT molecular complexity index is 223. The second-order valence-electron chi connectivity index (χ2n) is 3.97. The van der Waals surface area contributed by atoms with Crippen molar-refractivity contribution in [3.05, 3.63) is 0 Å². The number of piperidine rings is 1. The van der Waals surface area contributed by atoms with Crippen molar-refractivity contribution in [2.24, 2.45) is 5.92 Å². The molecule has 1 heterocycles. The third kappa shape index (κ3) is 2.08. The van der Waals surface area contributed by atoms with Gasteiger partial charge >= 0.3 is 0 Å². The Kier molecular flexibility index (Phi) is 3.07. The highest BCUT2D eigenvalue weighted by molar-refractivity contribution is 5.90. The summed E-state index contributed by atoms with van der Waals surface area (Å²) in [5.41, 5.74) is 0. The van der Waals surface area contributed by atoms with E-state index < -0.39 is 0 Å². The van der Waals surface area contributed by atoms with Gasteiger partial charge in [-0.1, -0.05) is 13.8 Å². The van der Waals surface area contributed by atoms with Gasteiger partial charge in [-0.3, -0.25) is 9.59 Å². The molecule has 3 heteroatoms. The van der Waals surface area contributed by atoms with E-state index in [-0.39, 0.29) is 23.7 Å². The summed E-state index contributed by atoms with van der Waals surface area (Å²) in [4.78, 5) is 24.6. The Morgan fingerprint density at radius 3 is 2.69 bits per heavy atom. The van der Waals surface area contributed by atoms with E-state index in [2.05, 4.69) is 0 Å². The summed E-state index contributed by atoms with van der Waals surface area (Å²) < 4.78 is 0.